The number of hydrogen-bond acceptors (Lipinski definition) is 4. The zero-order valence-electron chi connectivity index (χ0n) is 15.1. The van der Waals surface area contributed by atoms with Crippen LogP contribution in [0.25, 0.3) is 17.0 Å². The number of halogens is 2. The molecule has 0 aliphatic carbocycles. The number of methoxy groups -OCH3 is 2. The largest absolute Gasteiger partial charge is 0.495 e. The van der Waals surface area contributed by atoms with E-state index in [1.165, 1.54) is 20.4 Å². The zero-order valence-corrected chi connectivity index (χ0v) is 16.6. The van der Waals surface area contributed by atoms with E-state index in [0.29, 0.717) is 21.5 Å². The number of allylic oxidation sites excluding steroid dienone is 2. The monoisotopic (exact) mass is 417 g/mol. The average Bonchev–Trinajstić information content (AvgIpc) is 3.07. The number of aromatic nitrogens is 2. The number of hydrogen-bond donors (Lipinski definition) is 2. The minimum absolute atomic E-state index is 0.140. The van der Waals surface area contributed by atoms with Gasteiger partial charge in [-0.15, -0.1) is 0 Å². The Bertz CT molecular complexity index is 1030. The first kappa shape index (κ1) is 19.8. The third kappa shape index (κ3) is 4.65. The molecule has 2 aromatic heterocycles. The fourth-order valence-electron chi connectivity index (χ4n) is 2.51. The Morgan fingerprint density at radius 1 is 1.14 bits per heavy atom. The van der Waals surface area contributed by atoms with Gasteiger partial charge < -0.3 is 19.8 Å². The number of amides is 1. The van der Waals surface area contributed by atoms with Crippen molar-refractivity contribution in [1.82, 2.24) is 9.97 Å². The van der Waals surface area contributed by atoms with Crippen molar-refractivity contribution in [3.8, 4) is 5.75 Å². The molecule has 144 valence electrons. The maximum absolute atomic E-state index is 12.4. The Labute approximate surface area is 171 Å². The summed E-state index contributed by atoms with van der Waals surface area (Å²) in [6.07, 6.45) is 8.14. The fourth-order valence-corrected chi connectivity index (χ4v) is 2.84. The predicted molar refractivity (Wildman–Crippen MR) is 112 cm³/mol. The Balaban J connectivity index is 1.74. The fraction of sp³-hybridized carbons (Fsp3) is 0.100. The molecule has 6 nitrogen and oxygen atoms in total. The summed E-state index contributed by atoms with van der Waals surface area (Å²) < 4.78 is 10.3. The number of nitrogens with one attached hydrogen (secondary N) is 2. The second-order valence-corrected chi connectivity index (χ2v) is 6.55. The van der Waals surface area contributed by atoms with Crippen LogP contribution in [0.1, 0.15) is 5.69 Å². The summed E-state index contributed by atoms with van der Waals surface area (Å²) in [5, 5.41) is 4.62. The number of rotatable bonds is 6. The number of nitrogens with zero attached hydrogens (tertiary/aromatic N) is 1. The van der Waals surface area contributed by atoms with E-state index in [-0.39, 0.29) is 5.76 Å². The number of carbonyl (C=O) groups excluding carboxylic acids is 1. The molecule has 3 aromatic rings. The normalized spacial score (nSPS) is 11.8. The van der Waals surface area contributed by atoms with Gasteiger partial charge in [0.1, 0.15) is 5.75 Å². The molecule has 0 aliphatic heterocycles. The van der Waals surface area contributed by atoms with Crippen molar-refractivity contribution < 1.29 is 14.3 Å². The second kappa shape index (κ2) is 8.82. The number of benzene rings is 1. The van der Waals surface area contributed by atoms with Crippen LogP contribution in [0, 0.1) is 0 Å². The van der Waals surface area contributed by atoms with Crippen LogP contribution in [0.3, 0.4) is 0 Å². The van der Waals surface area contributed by atoms with Gasteiger partial charge in [-0.2, -0.15) is 0 Å². The summed E-state index contributed by atoms with van der Waals surface area (Å²) in [5.74, 6) is 0.276. The summed E-state index contributed by atoms with van der Waals surface area (Å²) in [7, 11) is 2.95. The molecule has 0 fully saturated rings. The van der Waals surface area contributed by atoms with Crippen LogP contribution in [0.2, 0.25) is 10.0 Å². The van der Waals surface area contributed by atoms with Crippen molar-refractivity contribution in [2.45, 2.75) is 0 Å². The second-order valence-electron chi connectivity index (χ2n) is 5.74. The van der Waals surface area contributed by atoms with Crippen molar-refractivity contribution >= 4 is 51.8 Å². The van der Waals surface area contributed by atoms with Crippen LogP contribution < -0.4 is 10.1 Å². The van der Waals surface area contributed by atoms with E-state index >= 15 is 0 Å². The molecule has 2 N–H and O–H groups in total. The molecular formula is C20H17Cl2N3O3. The Morgan fingerprint density at radius 2 is 1.93 bits per heavy atom. The number of H-pyrrole nitrogens is 1. The third-order valence-corrected chi connectivity index (χ3v) is 4.58. The van der Waals surface area contributed by atoms with E-state index in [0.717, 1.165) is 16.6 Å². The van der Waals surface area contributed by atoms with Crippen LogP contribution in [0.15, 0.2) is 54.6 Å². The average molecular weight is 418 g/mol. The van der Waals surface area contributed by atoms with Crippen LogP contribution in [0.5, 0.6) is 5.75 Å². The summed E-state index contributed by atoms with van der Waals surface area (Å²) in [5.41, 5.74) is 2.20. The lowest BCUT2D eigenvalue weighted by Crippen LogP contribution is -2.15. The SMILES string of the molecule is CO/C(=C\C=C\c1cc2cc(Cl)c(Cl)cc2[nH]1)C(=O)Nc1cncc(OC)c1. The molecule has 1 amide bonds. The minimum atomic E-state index is -0.405. The highest BCUT2D eigenvalue weighted by molar-refractivity contribution is 6.42. The molecular weight excluding hydrogens is 401 g/mol. The van der Waals surface area contributed by atoms with Gasteiger partial charge in [-0.05, 0) is 30.4 Å². The number of ether oxygens (including phenoxy) is 2. The lowest BCUT2D eigenvalue weighted by Gasteiger charge is -2.08. The van der Waals surface area contributed by atoms with Gasteiger partial charge >= 0.3 is 0 Å². The van der Waals surface area contributed by atoms with Gasteiger partial charge in [0.05, 0.1) is 42.3 Å². The van der Waals surface area contributed by atoms with Crippen molar-refractivity contribution in [1.29, 1.82) is 0 Å². The molecule has 0 atom stereocenters. The molecule has 0 bridgehead atoms. The van der Waals surface area contributed by atoms with Gasteiger partial charge in [0, 0.05) is 22.7 Å². The van der Waals surface area contributed by atoms with Crippen molar-refractivity contribution in [2.24, 2.45) is 0 Å². The van der Waals surface area contributed by atoms with Crippen molar-refractivity contribution in [3.63, 3.8) is 0 Å². The molecule has 1 aromatic carbocycles. The van der Waals surface area contributed by atoms with E-state index in [4.69, 9.17) is 32.7 Å². The number of anilines is 1. The predicted octanol–water partition coefficient (Wildman–Crippen LogP) is 5.06. The topological polar surface area (TPSA) is 76.2 Å². The molecule has 0 saturated carbocycles. The number of aromatic amines is 1. The summed E-state index contributed by atoms with van der Waals surface area (Å²) in [4.78, 5) is 19.6. The summed E-state index contributed by atoms with van der Waals surface area (Å²) in [6, 6.07) is 7.15. The van der Waals surface area contributed by atoms with Crippen molar-refractivity contribution in [2.75, 3.05) is 19.5 Å². The standard InChI is InChI=1S/C20H17Cl2N3O3/c1-27-15-8-14(10-23-11-15)25-20(26)19(28-2)5-3-4-13-6-12-7-16(21)17(22)9-18(12)24-13/h3-11,24H,1-2H3,(H,25,26)/b4-3+,19-5-. The van der Waals surface area contributed by atoms with E-state index in [2.05, 4.69) is 15.3 Å². The van der Waals surface area contributed by atoms with Crippen LogP contribution in [-0.2, 0) is 9.53 Å². The first-order chi connectivity index (χ1) is 13.5. The maximum atomic E-state index is 12.4. The van der Waals surface area contributed by atoms with Gasteiger partial charge in [-0.1, -0.05) is 29.3 Å². The molecule has 0 unspecified atom stereocenters. The first-order valence-corrected chi connectivity index (χ1v) is 8.96. The van der Waals surface area contributed by atoms with Crippen molar-refractivity contribution in [3.05, 3.63) is 70.3 Å². The third-order valence-electron chi connectivity index (χ3n) is 3.86. The first-order valence-electron chi connectivity index (χ1n) is 8.20. The molecule has 3 rings (SSSR count). The number of carbonyl (C=O) groups is 1. The zero-order chi connectivity index (χ0) is 20.1. The van der Waals surface area contributed by atoms with Gasteiger partial charge in [0.2, 0.25) is 0 Å². The lowest BCUT2D eigenvalue weighted by molar-refractivity contribution is -0.115. The van der Waals surface area contributed by atoms with E-state index in [1.807, 2.05) is 6.07 Å². The maximum Gasteiger partial charge on any atom is 0.290 e. The summed E-state index contributed by atoms with van der Waals surface area (Å²) in [6.45, 7) is 0. The summed E-state index contributed by atoms with van der Waals surface area (Å²) >= 11 is 12.1. The lowest BCUT2D eigenvalue weighted by atomic mass is 10.2. The Hall–Kier alpha value is -2.96. The molecule has 28 heavy (non-hydrogen) atoms. The molecule has 0 spiro atoms. The van der Waals surface area contributed by atoms with Gasteiger partial charge in [-0.25, -0.2) is 0 Å². The Morgan fingerprint density at radius 3 is 2.68 bits per heavy atom. The van der Waals surface area contributed by atoms with Gasteiger partial charge in [0.15, 0.2) is 5.76 Å². The molecule has 0 saturated heterocycles. The number of fused-ring (bicyclic) bond motifs is 1. The highest BCUT2D eigenvalue weighted by atomic mass is 35.5. The molecule has 0 aliphatic rings. The number of pyridine rings is 1. The van der Waals surface area contributed by atoms with E-state index in [1.54, 1.807) is 42.6 Å². The minimum Gasteiger partial charge on any atom is -0.495 e. The highest BCUT2D eigenvalue weighted by Crippen LogP contribution is 2.28. The van der Waals surface area contributed by atoms with Crippen LogP contribution >= 0.6 is 23.2 Å². The van der Waals surface area contributed by atoms with Gasteiger partial charge in [0.25, 0.3) is 5.91 Å². The highest BCUT2D eigenvalue weighted by Gasteiger charge is 2.10. The molecule has 8 heteroatoms. The molecule has 2 heterocycles. The van der Waals surface area contributed by atoms with E-state index in [9.17, 15) is 4.79 Å². The Kier molecular flexibility index (Phi) is 6.23. The van der Waals surface area contributed by atoms with Crippen LogP contribution in [0.4, 0.5) is 5.69 Å². The quantitative estimate of drug-likeness (QED) is 0.333. The van der Waals surface area contributed by atoms with Gasteiger partial charge in [-0.3, -0.25) is 9.78 Å². The smallest absolute Gasteiger partial charge is 0.290 e. The van der Waals surface area contributed by atoms with E-state index < -0.39 is 5.91 Å². The van der Waals surface area contributed by atoms with Crippen LogP contribution in [-0.4, -0.2) is 30.1 Å². The molecule has 0 radical (unpaired) electrons.